The van der Waals surface area contributed by atoms with Gasteiger partial charge in [0, 0.05) is 6.54 Å². The van der Waals surface area contributed by atoms with Gasteiger partial charge in [-0.3, -0.25) is 4.98 Å². The highest BCUT2D eigenvalue weighted by atomic mass is 32.2. The lowest BCUT2D eigenvalue weighted by Crippen LogP contribution is -2.07. The maximum absolute atomic E-state index is 4.07. The van der Waals surface area contributed by atoms with E-state index < -0.39 is 0 Å². The monoisotopic (exact) mass is 238 g/mol. The molecule has 0 aromatic carbocycles. The summed E-state index contributed by atoms with van der Waals surface area (Å²) in [6, 6.07) is 0. The molecule has 1 N–H and O–H groups in total. The largest absolute Gasteiger partial charge is 0.369 e. The minimum absolute atomic E-state index is 0.661. The van der Waals surface area contributed by atoms with Gasteiger partial charge in [-0.1, -0.05) is 0 Å². The minimum Gasteiger partial charge on any atom is -0.369 e. The highest BCUT2D eigenvalue weighted by molar-refractivity contribution is 7.98. The Balaban J connectivity index is 1.91. The molecule has 16 heavy (non-hydrogen) atoms. The topological polar surface area (TPSA) is 68.0 Å². The molecule has 2 aromatic heterocycles. The first-order chi connectivity index (χ1) is 7.92. The van der Waals surface area contributed by atoms with E-state index >= 15 is 0 Å². The third kappa shape index (κ3) is 2.60. The Hall–Kier alpha value is -1.37. The predicted octanol–water partition coefficient (Wildman–Crippen LogP) is 1.07. The zero-order valence-electron chi connectivity index (χ0n) is 9.13. The fourth-order valence-corrected chi connectivity index (χ4v) is 1.88. The molecule has 86 valence electrons. The number of aromatic nitrogens is 5. The second kappa shape index (κ2) is 5.64. The molecule has 2 heterocycles. The second-order valence-corrected chi connectivity index (χ2v) is 4.35. The number of nitrogens with one attached hydrogen (secondary N) is 1. The Morgan fingerprint density at radius 2 is 2.31 bits per heavy atom. The molecule has 6 nitrogen and oxygen atoms in total. The lowest BCUT2D eigenvalue weighted by molar-refractivity contribution is 0.800. The van der Waals surface area contributed by atoms with Gasteiger partial charge >= 0.3 is 0 Å². The van der Waals surface area contributed by atoms with Crippen LogP contribution in [-0.2, 0) is 0 Å². The summed E-state index contributed by atoms with van der Waals surface area (Å²) in [4.78, 5) is 4.07. The Morgan fingerprint density at radius 3 is 3.19 bits per heavy atom. The van der Waals surface area contributed by atoms with Crippen molar-refractivity contribution in [2.75, 3.05) is 23.9 Å². The van der Waals surface area contributed by atoms with E-state index in [-0.39, 0.29) is 0 Å². The van der Waals surface area contributed by atoms with Crippen molar-refractivity contribution >= 4 is 23.2 Å². The maximum Gasteiger partial charge on any atom is 0.199 e. The van der Waals surface area contributed by atoms with Crippen LogP contribution in [0.15, 0.2) is 12.4 Å². The smallest absolute Gasteiger partial charge is 0.199 e. The highest BCUT2D eigenvalue weighted by Crippen LogP contribution is 2.06. The highest BCUT2D eigenvalue weighted by Gasteiger charge is 2.02. The van der Waals surface area contributed by atoms with Crippen LogP contribution in [0.5, 0.6) is 0 Å². The summed E-state index contributed by atoms with van der Waals surface area (Å²) < 4.78 is 1.65. The van der Waals surface area contributed by atoms with Crippen LogP contribution in [0, 0.1) is 0 Å². The van der Waals surface area contributed by atoms with Crippen molar-refractivity contribution in [2.24, 2.45) is 0 Å². The van der Waals surface area contributed by atoms with Crippen molar-refractivity contribution < 1.29 is 0 Å². The molecule has 7 heteroatoms. The lowest BCUT2D eigenvalue weighted by Gasteiger charge is -2.05. The van der Waals surface area contributed by atoms with Crippen molar-refractivity contribution in [3.05, 3.63) is 12.4 Å². The molecule has 2 aromatic rings. The number of thioether (sulfide) groups is 1. The maximum atomic E-state index is 4.07. The van der Waals surface area contributed by atoms with E-state index in [1.54, 1.807) is 16.9 Å². The van der Waals surface area contributed by atoms with E-state index in [9.17, 15) is 0 Å². The van der Waals surface area contributed by atoms with Crippen molar-refractivity contribution in [3.8, 4) is 0 Å². The SMILES string of the molecule is CSCCCCNc1cncc2nnnn12. The van der Waals surface area contributed by atoms with Gasteiger partial charge in [0.2, 0.25) is 0 Å². The van der Waals surface area contributed by atoms with E-state index in [1.807, 2.05) is 11.8 Å². The molecule has 0 aliphatic carbocycles. The summed E-state index contributed by atoms with van der Waals surface area (Å²) in [5.74, 6) is 2.04. The van der Waals surface area contributed by atoms with Crippen LogP contribution in [0.2, 0.25) is 0 Å². The molecule has 0 aliphatic rings. The third-order valence-corrected chi connectivity index (χ3v) is 2.89. The Morgan fingerprint density at radius 1 is 1.38 bits per heavy atom. The molecular weight excluding hydrogens is 224 g/mol. The molecular formula is C9H14N6S. The van der Waals surface area contributed by atoms with Gasteiger partial charge in [-0.05, 0) is 35.3 Å². The zero-order valence-corrected chi connectivity index (χ0v) is 9.94. The number of fused-ring (bicyclic) bond motifs is 1. The van der Waals surface area contributed by atoms with Gasteiger partial charge in [-0.25, -0.2) is 0 Å². The summed E-state index contributed by atoms with van der Waals surface area (Å²) in [6.07, 6.45) is 7.85. The van der Waals surface area contributed by atoms with E-state index in [4.69, 9.17) is 0 Å². The predicted molar refractivity (Wildman–Crippen MR) is 64.7 cm³/mol. The van der Waals surface area contributed by atoms with Crippen molar-refractivity contribution in [2.45, 2.75) is 12.8 Å². The number of unbranched alkanes of at least 4 members (excludes halogenated alkanes) is 1. The van der Waals surface area contributed by atoms with Crippen LogP contribution in [0.1, 0.15) is 12.8 Å². The van der Waals surface area contributed by atoms with E-state index in [2.05, 4.69) is 32.1 Å². The second-order valence-electron chi connectivity index (χ2n) is 3.37. The van der Waals surface area contributed by atoms with Gasteiger partial charge < -0.3 is 5.32 Å². The molecule has 0 fully saturated rings. The van der Waals surface area contributed by atoms with Crippen LogP contribution in [0.25, 0.3) is 5.65 Å². The van der Waals surface area contributed by atoms with Crippen LogP contribution in [0.3, 0.4) is 0 Å². The van der Waals surface area contributed by atoms with Crippen molar-refractivity contribution in [3.63, 3.8) is 0 Å². The summed E-state index contributed by atoms with van der Waals surface area (Å²) in [6.45, 7) is 0.918. The Labute approximate surface area is 97.8 Å². The zero-order chi connectivity index (χ0) is 11.2. The Kier molecular flexibility index (Phi) is 3.92. The minimum atomic E-state index is 0.661. The van der Waals surface area contributed by atoms with Gasteiger partial charge in [0.25, 0.3) is 0 Å². The lowest BCUT2D eigenvalue weighted by atomic mass is 10.3. The molecule has 0 bridgehead atoms. The third-order valence-electron chi connectivity index (χ3n) is 2.19. The summed E-state index contributed by atoms with van der Waals surface area (Å²) in [5.41, 5.74) is 0.661. The molecule has 0 atom stereocenters. The van der Waals surface area contributed by atoms with E-state index in [1.165, 1.54) is 12.2 Å². The number of nitrogens with zero attached hydrogens (tertiary/aromatic N) is 5. The number of hydrogen-bond acceptors (Lipinski definition) is 6. The molecule has 0 aliphatic heterocycles. The van der Waals surface area contributed by atoms with Gasteiger partial charge in [0.05, 0.1) is 12.4 Å². The first-order valence-electron chi connectivity index (χ1n) is 5.17. The number of anilines is 1. The average molecular weight is 238 g/mol. The average Bonchev–Trinajstić information content (AvgIpc) is 2.77. The molecule has 0 unspecified atom stereocenters. The first-order valence-corrected chi connectivity index (χ1v) is 6.56. The molecule has 0 spiro atoms. The quantitative estimate of drug-likeness (QED) is 0.759. The van der Waals surface area contributed by atoms with Crippen LogP contribution in [-0.4, -0.2) is 43.6 Å². The van der Waals surface area contributed by atoms with Gasteiger partial charge in [0.1, 0.15) is 5.82 Å². The van der Waals surface area contributed by atoms with E-state index in [0.717, 1.165) is 18.8 Å². The van der Waals surface area contributed by atoms with Crippen molar-refractivity contribution in [1.82, 2.24) is 25.0 Å². The van der Waals surface area contributed by atoms with Gasteiger partial charge in [0.15, 0.2) is 5.65 Å². The molecule has 0 saturated heterocycles. The van der Waals surface area contributed by atoms with Gasteiger partial charge in [-0.15, -0.1) is 5.10 Å². The number of hydrogen-bond donors (Lipinski definition) is 1. The van der Waals surface area contributed by atoms with Gasteiger partial charge in [-0.2, -0.15) is 16.3 Å². The standard InChI is InChI=1S/C9H14N6S/c1-16-5-3-2-4-11-8-6-10-7-9-12-13-14-15(8)9/h6-7,11H,2-5H2,1H3. The van der Waals surface area contributed by atoms with Crippen molar-refractivity contribution in [1.29, 1.82) is 0 Å². The van der Waals surface area contributed by atoms with Crippen LogP contribution in [0.4, 0.5) is 5.82 Å². The summed E-state index contributed by atoms with van der Waals surface area (Å²) in [7, 11) is 0. The molecule has 0 amide bonds. The molecule has 0 saturated carbocycles. The fourth-order valence-electron chi connectivity index (χ4n) is 1.38. The number of tetrazole rings is 1. The van der Waals surface area contributed by atoms with Crippen LogP contribution < -0.4 is 5.32 Å². The van der Waals surface area contributed by atoms with Crippen LogP contribution >= 0.6 is 11.8 Å². The number of rotatable bonds is 6. The Bertz CT molecular complexity index is 442. The summed E-state index contributed by atoms with van der Waals surface area (Å²) in [5, 5.41) is 14.6. The molecule has 2 rings (SSSR count). The normalized spacial score (nSPS) is 10.8. The van der Waals surface area contributed by atoms with E-state index in [0.29, 0.717) is 5.65 Å². The fraction of sp³-hybridized carbons (Fsp3) is 0.556. The first kappa shape index (κ1) is 11.1. The summed E-state index contributed by atoms with van der Waals surface area (Å²) >= 11 is 1.87. The molecule has 0 radical (unpaired) electrons.